The maximum absolute atomic E-state index is 11.6. The Labute approximate surface area is 110 Å². The van der Waals surface area contributed by atoms with Gasteiger partial charge in [0.05, 0.1) is 0 Å². The summed E-state index contributed by atoms with van der Waals surface area (Å²) >= 11 is 3.37. The van der Waals surface area contributed by atoms with E-state index in [0.29, 0.717) is 18.9 Å². The number of esters is 1. The number of carbonyl (C=O) groups is 1. The normalized spacial score (nSPS) is 19.2. The first-order chi connectivity index (χ1) is 8.24. The number of nitrogens with one attached hydrogen (secondary N) is 1. The zero-order valence-electron chi connectivity index (χ0n) is 9.62. The highest BCUT2D eigenvalue weighted by Gasteiger charge is 2.18. The van der Waals surface area contributed by atoms with E-state index in [-0.39, 0.29) is 5.97 Å². The van der Waals surface area contributed by atoms with Gasteiger partial charge in [-0.1, -0.05) is 28.1 Å². The van der Waals surface area contributed by atoms with Crippen LogP contribution in [0.4, 0.5) is 0 Å². The van der Waals surface area contributed by atoms with E-state index >= 15 is 0 Å². The van der Waals surface area contributed by atoms with E-state index in [1.54, 1.807) is 0 Å². The van der Waals surface area contributed by atoms with Crippen LogP contribution >= 0.6 is 15.9 Å². The summed E-state index contributed by atoms with van der Waals surface area (Å²) in [6.07, 6.45) is 1.61. The van der Waals surface area contributed by atoms with E-state index in [1.807, 2.05) is 24.3 Å². The van der Waals surface area contributed by atoms with Crippen LogP contribution in [-0.4, -0.2) is 19.1 Å². The molecule has 1 unspecified atom stereocenters. The van der Waals surface area contributed by atoms with Crippen molar-refractivity contribution in [1.29, 1.82) is 0 Å². The Hall–Kier alpha value is -0.870. The molecule has 0 aromatic heterocycles. The lowest BCUT2D eigenvalue weighted by atomic mass is 10.1. The number of ether oxygens (including phenoxy) is 1. The second-order valence-electron chi connectivity index (χ2n) is 4.35. The maximum Gasteiger partial charge on any atom is 0.306 e. The summed E-state index contributed by atoms with van der Waals surface area (Å²) in [7, 11) is 0. The summed E-state index contributed by atoms with van der Waals surface area (Å²) < 4.78 is 6.28. The highest BCUT2D eigenvalue weighted by molar-refractivity contribution is 9.10. The van der Waals surface area contributed by atoms with Gasteiger partial charge in [0, 0.05) is 10.9 Å². The van der Waals surface area contributed by atoms with Crippen molar-refractivity contribution >= 4 is 21.9 Å². The Morgan fingerprint density at radius 3 is 2.82 bits per heavy atom. The van der Waals surface area contributed by atoms with Crippen molar-refractivity contribution in [3.8, 4) is 0 Å². The van der Waals surface area contributed by atoms with Gasteiger partial charge in [0.1, 0.15) is 6.61 Å². The second-order valence-corrected chi connectivity index (χ2v) is 5.27. The van der Waals surface area contributed by atoms with E-state index < -0.39 is 0 Å². The summed E-state index contributed by atoms with van der Waals surface area (Å²) in [4.78, 5) is 11.6. The van der Waals surface area contributed by atoms with E-state index in [9.17, 15) is 4.79 Å². The van der Waals surface area contributed by atoms with E-state index in [2.05, 4.69) is 21.2 Å². The molecule has 3 nitrogen and oxygen atoms in total. The number of halogens is 1. The van der Waals surface area contributed by atoms with Crippen molar-refractivity contribution in [2.75, 3.05) is 13.1 Å². The maximum atomic E-state index is 11.6. The van der Waals surface area contributed by atoms with Gasteiger partial charge in [-0.2, -0.15) is 0 Å². The summed E-state index contributed by atoms with van der Waals surface area (Å²) in [5.41, 5.74) is 1.02. The first kappa shape index (κ1) is 12.6. The number of hydrogen-bond donors (Lipinski definition) is 1. The lowest BCUT2D eigenvalue weighted by Crippen LogP contribution is -2.14. The summed E-state index contributed by atoms with van der Waals surface area (Å²) in [6.45, 7) is 2.32. The Kier molecular flexibility index (Phi) is 4.57. The highest BCUT2D eigenvalue weighted by Crippen LogP contribution is 2.14. The predicted octanol–water partition coefficient (Wildman–Crippen LogP) is 2.49. The molecule has 1 saturated heterocycles. The molecule has 0 radical (unpaired) electrons. The number of rotatable bonds is 4. The van der Waals surface area contributed by atoms with Crippen molar-refractivity contribution < 1.29 is 9.53 Å². The minimum absolute atomic E-state index is 0.0957. The van der Waals surface area contributed by atoms with Gasteiger partial charge in [-0.3, -0.25) is 4.79 Å². The van der Waals surface area contributed by atoms with Gasteiger partial charge in [0.15, 0.2) is 0 Å². The van der Waals surface area contributed by atoms with Gasteiger partial charge in [-0.15, -0.1) is 0 Å². The molecule has 2 rings (SSSR count). The molecule has 1 aromatic rings. The Morgan fingerprint density at radius 2 is 2.18 bits per heavy atom. The van der Waals surface area contributed by atoms with Crippen LogP contribution in [0.2, 0.25) is 0 Å². The van der Waals surface area contributed by atoms with Crippen molar-refractivity contribution in [3.05, 3.63) is 34.3 Å². The molecule has 1 fully saturated rings. The quantitative estimate of drug-likeness (QED) is 0.868. The third-order valence-electron chi connectivity index (χ3n) is 2.93. The van der Waals surface area contributed by atoms with Crippen LogP contribution < -0.4 is 5.32 Å². The van der Waals surface area contributed by atoms with Crippen LogP contribution in [0, 0.1) is 5.92 Å². The fraction of sp³-hybridized carbons (Fsp3) is 0.462. The Balaban J connectivity index is 1.73. The molecule has 1 aliphatic rings. The van der Waals surface area contributed by atoms with Crippen LogP contribution in [0.5, 0.6) is 0 Å². The fourth-order valence-corrected chi connectivity index (χ4v) is 2.19. The van der Waals surface area contributed by atoms with E-state index in [1.165, 1.54) is 0 Å². The molecule has 4 heteroatoms. The Morgan fingerprint density at radius 1 is 1.41 bits per heavy atom. The minimum Gasteiger partial charge on any atom is -0.461 e. The number of carbonyl (C=O) groups excluding carboxylic acids is 1. The monoisotopic (exact) mass is 297 g/mol. The van der Waals surface area contributed by atoms with Crippen LogP contribution in [0.15, 0.2) is 28.7 Å². The van der Waals surface area contributed by atoms with Crippen LogP contribution in [-0.2, 0) is 16.1 Å². The molecule has 0 spiro atoms. The average Bonchev–Trinajstić information content (AvgIpc) is 2.81. The van der Waals surface area contributed by atoms with Gasteiger partial charge >= 0.3 is 5.97 Å². The lowest BCUT2D eigenvalue weighted by Gasteiger charge is -2.08. The number of benzene rings is 1. The average molecular weight is 298 g/mol. The van der Waals surface area contributed by atoms with Gasteiger partial charge in [0.25, 0.3) is 0 Å². The fourth-order valence-electron chi connectivity index (χ4n) is 1.93. The van der Waals surface area contributed by atoms with Gasteiger partial charge in [-0.05, 0) is 43.1 Å². The zero-order chi connectivity index (χ0) is 12.1. The molecule has 1 N–H and O–H groups in total. The first-order valence-corrected chi connectivity index (χ1v) is 6.64. The van der Waals surface area contributed by atoms with Gasteiger partial charge in [0.2, 0.25) is 0 Å². The third-order valence-corrected chi connectivity index (χ3v) is 3.46. The summed E-state index contributed by atoms with van der Waals surface area (Å²) in [6, 6.07) is 7.80. The topological polar surface area (TPSA) is 38.3 Å². The van der Waals surface area contributed by atoms with Crippen molar-refractivity contribution in [1.82, 2.24) is 5.32 Å². The summed E-state index contributed by atoms with van der Waals surface area (Å²) in [5, 5.41) is 3.24. The molecule has 92 valence electrons. The molecular weight excluding hydrogens is 282 g/mol. The SMILES string of the molecule is O=C(CC1CCNC1)OCc1ccc(Br)cc1. The first-order valence-electron chi connectivity index (χ1n) is 5.85. The van der Waals surface area contributed by atoms with Crippen molar-refractivity contribution in [2.24, 2.45) is 5.92 Å². The number of hydrogen-bond acceptors (Lipinski definition) is 3. The molecule has 0 bridgehead atoms. The molecule has 1 heterocycles. The van der Waals surface area contributed by atoms with Crippen LogP contribution in [0.3, 0.4) is 0 Å². The molecule has 17 heavy (non-hydrogen) atoms. The molecular formula is C13H16BrNO2. The van der Waals surface area contributed by atoms with Gasteiger partial charge < -0.3 is 10.1 Å². The Bertz CT molecular complexity index is 372. The van der Waals surface area contributed by atoms with Crippen molar-refractivity contribution in [2.45, 2.75) is 19.4 Å². The van der Waals surface area contributed by atoms with E-state index in [4.69, 9.17) is 4.74 Å². The molecule has 0 saturated carbocycles. The smallest absolute Gasteiger partial charge is 0.306 e. The standard InChI is InChI=1S/C13H16BrNO2/c14-12-3-1-10(2-4-12)9-17-13(16)7-11-5-6-15-8-11/h1-4,11,15H,5-9H2. The predicted molar refractivity (Wildman–Crippen MR) is 69.5 cm³/mol. The largest absolute Gasteiger partial charge is 0.461 e. The van der Waals surface area contributed by atoms with Crippen LogP contribution in [0.25, 0.3) is 0 Å². The minimum atomic E-state index is -0.0957. The van der Waals surface area contributed by atoms with Crippen LogP contribution in [0.1, 0.15) is 18.4 Å². The van der Waals surface area contributed by atoms with Crippen molar-refractivity contribution in [3.63, 3.8) is 0 Å². The third kappa shape index (κ3) is 4.13. The summed E-state index contributed by atoms with van der Waals surface area (Å²) in [5.74, 6) is 0.356. The second kappa shape index (κ2) is 6.17. The molecule has 1 aromatic carbocycles. The highest BCUT2D eigenvalue weighted by atomic mass is 79.9. The molecule has 1 atom stereocenters. The molecule has 0 aliphatic carbocycles. The zero-order valence-corrected chi connectivity index (χ0v) is 11.2. The molecule has 0 amide bonds. The lowest BCUT2D eigenvalue weighted by molar-refractivity contribution is -0.145. The van der Waals surface area contributed by atoms with Gasteiger partial charge in [-0.25, -0.2) is 0 Å². The van der Waals surface area contributed by atoms with E-state index in [0.717, 1.165) is 29.5 Å². The molecule has 1 aliphatic heterocycles.